The van der Waals surface area contributed by atoms with Crippen molar-refractivity contribution in [3.8, 4) is 11.4 Å². The standard InChI is InChI=1S/C18H23N3/c1-13-6-5-9-16(13)21-17-10-11-19-12-15(17)20-18(21)14-7-3-2-4-8-14/h2-4,7-8,13,16,19H,5-6,9-12H2,1H3. The Morgan fingerprint density at radius 1 is 1.19 bits per heavy atom. The molecule has 2 unspecified atom stereocenters. The van der Waals surface area contributed by atoms with E-state index in [0.717, 1.165) is 25.4 Å². The molecule has 1 fully saturated rings. The second kappa shape index (κ2) is 5.30. The zero-order valence-corrected chi connectivity index (χ0v) is 12.7. The molecule has 0 radical (unpaired) electrons. The molecule has 2 aromatic rings. The number of hydrogen-bond acceptors (Lipinski definition) is 2. The summed E-state index contributed by atoms with van der Waals surface area (Å²) in [7, 11) is 0. The van der Waals surface area contributed by atoms with Crippen LogP contribution >= 0.6 is 0 Å². The van der Waals surface area contributed by atoms with Crippen LogP contribution < -0.4 is 5.32 Å². The second-order valence-corrected chi connectivity index (χ2v) is 6.47. The summed E-state index contributed by atoms with van der Waals surface area (Å²) in [4.78, 5) is 5.00. The van der Waals surface area contributed by atoms with Crippen molar-refractivity contribution in [3.63, 3.8) is 0 Å². The molecule has 2 atom stereocenters. The van der Waals surface area contributed by atoms with Crippen LogP contribution in [0.3, 0.4) is 0 Å². The van der Waals surface area contributed by atoms with Crippen molar-refractivity contribution in [2.45, 2.75) is 45.2 Å². The van der Waals surface area contributed by atoms with Crippen molar-refractivity contribution in [1.29, 1.82) is 0 Å². The van der Waals surface area contributed by atoms with Gasteiger partial charge in [-0.15, -0.1) is 0 Å². The van der Waals surface area contributed by atoms with Crippen LogP contribution in [0.2, 0.25) is 0 Å². The van der Waals surface area contributed by atoms with Crippen LogP contribution in [0.5, 0.6) is 0 Å². The minimum absolute atomic E-state index is 0.634. The molecule has 21 heavy (non-hydrogen) atoms. The Balaban J connectivity index is 1.87. The minimum atomic E-state index is 0.634. The molecule has 1 aliphatic heterocycles. The van der Waals surface area contributed by atoms with Gasteiger partial charge >= 0.3 is 0 Å². The van der Waals surface area contributed by atoms with Gasteiger partial charge in [-0.25, -0.2) is 4.98 Å². The van der Waals surface area contributed by atoms with E-state index < -0.39 is 0 Å². The lowest BCUT2D eigenvalue weighted by Crippen LogP contribution is -2.26. The Morgan fingerprint density at radius 3 is 2.81 bits per heavy atom. The Hall–Kier alpha value is -1.61. The first kappa shape index (κ1) is 13.1. The number of hydrogen-bond donors (Lipinski definition) is 1. The monoisotopic (exact) mass is 281 g/mol. The zero-order valence-electron chi connectivity index (χ0n) is 12.7. The van der Waals surface area contributed by atoms with Crippen molar-refractivity contribution in [2.24, 2.45) is 5.92 Å². The third-order valence-corrected chi connectivity index (χ3v) is 5.10. The quantitative estimate of drug-likeness (QED) is 0.912. The summed E-state index contributed by atoms with van der Waals surface area (Å²) in [5.41, 5.74) is 4.00. The van der Waals surface area contributed by atoms with Crippen LogP contribution in [0, 0.1) is 5.92 Å². The average molecular weight is 281 g/mol. The Labute approximate surface area is 126 Å². The Bertz CT molecular complexity index is 629. The van der Waals surface area contributed by atoms with Gasteiger partial charge in [0.05, 0.1) is 5.69 Å². The number of fused-ring (bicyclic) bond motifs is 1. The van der Waals surface area contributed by atoms with E-state index >= 15 is 0 Å². The summed E-state index contributed by atoms with van der Waals surface area (Å²) in [5, 5.41) is 3.46. The number of benzene rings is 1. The fourth-order valence-corrected chi connectivity index (χ4v) is 3.99. The van der Waals surface area contributed by atoms with E-state index in [1.807, 2.05) is 0 Å². The molecule has 1 N–H and O–H groups in total. The third kappa shape index (κ3) is 2.20. The van der Waals surface area contributed by atoms with E-state index in [9.17, 15) is 0 Å². The molecule has 0 spiro atoms. The SMILES string of the molecule is CC1CCCC1n1c(-c2ccccc2)nc2c1CCNC2. The van der Waals surface area contributed by atoms with Crippen molar-refractivity contribution in [1.82, 2.24) is 14.9 Å². The fraction of sp³-hybridized carbons (Fsp3) is 0.500. The Morgan fingerprint density at radius 2 is 2.05 bits per heavy atom. The average Bonchev–Trinajstić information content (AvgIpc) is 3.11. The highest BCUT2D eigenvalue weighted by molar-refractivity contribution is 5.57. The molecule has 4 rings (SSSR count). The van der Waals surface area contributed by atoms with Gasteiger partial charge in [-0.2, -0.15) is 0 Å². The van der Waals surface area contributed by atoms with Crippen LogP contribution in [0.1, 0.15) is 43.6 Å². The first-order valence-electron chi connectivity index (χ1n) is 8.20. The zero-order chi connectivity index (χ0) is 14.2. The number of imidazole rings is 1. The molecule has 1 aromatic heterocycles. The largest absolute Gasteiger partial charge is 0.324 e. The summed E-state index contributed by atoms with van der Waals surface area (Å²) in [6.07, 6.45) is 5.12. The summed E-state index contributed by atoms with van der Waals surface area (Å²) in [5.74, 6) is 1.95. The molecule has 0 bridgehead atoms. The maximum absolute atomic E-state index is 5.00. The van der Waals surface area contributed by atoms with Crippen LogP contribution in [0.25, 0.3) is 11.4 Å². The van der Waals surface area contributed by atoms with Gasteiger partial charge in [0.2, 0.25) is 0 Å². The van der Waals surface area contributed by atoms with Gasteiger partial charge in [0.1, 0.15) is 5.82 Å². The summed E-state index contributed by atoms with van der Waals surface area (Å²) in [6, 6.07) is 11.3. The highest BCUT2D eigenvalue weighted by Crippen LogP contribution is 2.40. The lowest BCUT2D eigenvalue weighted by Gasteiger charge is -2.24. The molecule has 2 heterocycles. The maximum Gasteiger partial charge on any atom is 0.140 e. The van der Waals surface area contributed by atoms with Gasteiger partial charge in [0.25, 0.3) is 0 Å². The minimum Gasteiger partial charge on any atom is -0.324 e. The molecule has 1 aromatic carbocycles. The summed E-state index contributed by atoms with van der Waals surface area (Å²) in [6.45, 7) is 4.40. The van der Waals surface area contributed by atoms with Crippen molar-refractivity contribution in [2.75, 3.05) is 6.54 Å². The van der Waals surface area contributed by atoms with Crippen LogP contribution in [-0.4, -0.2) is 16.1 Å². The predicted octanol–water partition coefficient (Wildman–Crippen LogP) is 3.56. The van der Waals surface area contributed by atoms with Gasteiger partial charge in [0.15, 0.2) is 0 Å². The fourth-order valence-electron chi connectivity index (χ4n) is 3.99. The molecule has 3 heteroatoms. The van der Waals surface area contributed by atoms with Gasteiger partial charge in [-0.1, -0.05) is 43.7 Å². The lowest BCUT2D eigenvalue weighted by atomic mass is 10.0. The summed E-state index contributed by atoms with van der Waals surface area (Å²) >= 11 is 0. The first-order chi connectivity index (χ1) is 10.3. The van der Waals surface area contributed by atoms with Gasteiger partial charge < -0.3 is 9.88 Å². The second-order valence-electron chi connectivity index (χ2n) is 6.47. The predicted molar refractivity (Wildman–Crippen MR) is 85.1 cm³/mol. The van der Waals surface area contributed by atoms with Crippen molar-refractivity contribution in [3.05, 3.63) is 41.7 Å². The van der Waals surface area contributed by atoms with Crippen LogP contribution in [-0.2, 0) is 13.0 Å². The molecule has 1 aliphatic carbocycles. The van der Waals surface area contributed by atoms with Crippen molar-refractivity contribution < 1.29 is 0 Å². The molecular weight excluding hydrogens is 258 g/mol. The van der Waals surface area contributed by atoms with Gasteiger partial charge in [0, 0.05) is 36.8 Å². The molecule has 1 saturated carbocycles. The van der Waals surface area contributed by atoms with E-state index in [1.54, 1.807) is 0 Å². The van der Waals surface area contributed by atoms with E-state index in [-0.39, 0.29) is 0 Å². The highest BCUT2D eigenvalue weighted by Gasteiger charge is 2.31. The lowest BCUT2D eigenvalue weighted by molar-refractivity contribution is 0.397. The smallest absolute Gasteiger partial charge is 0.140 e. The number of nitrogens with zero attached hydrogens (tertiary/aromatic N) is 2. The molecule has 3 nitrogen and oxygen atoms in total. The van der Waals surface area contributed by atoms with Gasteiger partial charge in [-0.3, -0.25) is 0 Å². The number of rotatable bonds is 2. The van der Waals surface area contributed by atoms with E-state index in [4.69, 9.17) is 4.98 Å². The Kier molecular flexibility index (Phi) is 3.30. The first-order valence-corrected chi connectivity index (χ1v) is 8.20. The molecule has 2 aliphatic rings. The van der Waals surface area contributed by atoms with Crippen molar-refractivity contribution >= 4 is 0 Å². The highest BCUT2D eigenvalue weighted by atomic mass is 15.1. The van der Waals surface area contributed by atoms with E-state index in [1.165, 1.54) is 42.0 Å². The van der Waals surface area contributed by atoms with Gasteiger partial charge in [-0.05, 0) is 18.8 Å². The normalized spacial score (nSPS) is 25.0. The number of aromatic nitrogens is 2. The topological polar surface area (TPSA) is 29.9 Å². The van der Waals surface area contributed by atoms with Crippen LogP contribution in [0.15, 0.2) is 30.3 Å². The third-order valence-electron chi connectivity index (χ3n) is 5.10. The molecule has 0 saturated heterocycles. The summed E-state index contributed by atoms with van der Waals surface area (Å²) < 4.78 is 2.59. The maximum atomic E-state index is 5.00. The molecule has 0 amide bonds. The van der Waals surface area contributed by atoms with E-state index in [2.05, 4.69) is 47.1 Å². The van der Waals surface area contributed by atoms with E-state index in [0.29, 0.717) is 6.04 Å². The van der Waals surface area contributed by atoms with Crippen LogP contribution in [0.4, 0.5) is 0 Å². The molecule has 110 valence electrons. The molecular formula is C18H23N3. The number of nitrogens with one attached hydrogen (secondary N) is 1.